The minimum absolute atomic E-state index is 0.603. The molecule has 3 nitrogen and oxygen atoms in total. The van der Waals surface area contributed by atoms with Gasteiger partial charge in [0.25, 0.3) is 0 Å². The summed E-state index contributed by atoms with van der Waals surface area (Å²) in [5.41, 5.74) is 0. The van der Waals surface area contributed by atoms with Gasteiger partial charge in [0.15, 0.2) is 0 Å². The minimum atomic E-state index is -1.03. The summed E-state index contributed by atoms with van der Waals surface area (Å²) < 4.78 is 10.5. The van der Waals surface area contributed by atoms with Gasteiger partial charge in [-0.05, 0) is 12.8 Å². The van der Waals surface area contributed by atoms with Gasteiger partial charge in [-0.1, -0.05) is 90.9 Å². The molecule has 0 aliphatic heterocycles. The molecule has 0 aromatic rings. The standard InChI is InChI=1S/C18H39BO3/c1-3-5-7-9-11-13-15-17-21-19(20)22-18-16-14-12-10-8-6-4-2/h20H,3-18H2,1-2H3. The van der Waals surface area contributed by atoms with Crippen LogP contribution in [-0.2, 0) is 9.31 Å². The number of hydrogen-bond donors (Lipinski definition) is 1. The van der Waals surface area contributed by atoms with Crippen LogP contribution >= 0.6 is 0 Å². The third kappa shape index (κ3) is 18.0. The van der Waals surface area contributed by atoms with E-state index >= 15 is 0 Å². The molecule has 0 atom stereocenters. The molecule has 0 bridgehead atoms. The van der Waals surface area contributed by atoms with Crippen LogP contribution < -0.4 is 0 Å². The lowest BCUT2D eigenvalue weighted by Gasteiger charge is -2.08. The predicted octanol–water partition coefficient (Wildman–Crippen LogP) is 5.50. The normalized spacial score (nSPS) is 11.0. The summed E-state index contributed by atoms with van der Waals surface area (Å²) in [5.74, 6) is 0. The first kappa shape index (κ1) is 21.9. The molecule has 0 rings (SSSR count). The van der Waals surface area contributed by atoms with Crippen LogP contribution in [0.4, 0.5) is 0 Å². The molecule has 0 aromatic carbocycles. The first-order chi connectivity index (χ1) is 10.8. The van der Waals surface area contributed by atoms with Crippen molar-refractivity contribution in [2.45, 2.75) is 104 Å². The zero-order chi connectivity index (χ0) is 16.3. The van der Waals surface area contributed by atoms with Crippen LogP contribution in [0.3, 0.4) is 0 Å². The van der Waals surface area contributed by atoms with E-state index in [4.69, 9.17) is 9.31 Å². The smallest absolute Gasteiger partial charge is 0.402 e. The molecule has 0 amide bonds. The van der Waals surface area contributed by atoms with Gasteiger partial charge in [0.2, 0.25) is 0 Å². The third-order valence-corrected chi connectivity index (χ3v) is 4.02. The lowest BCUT2D eigenvalue weighted by Crippen LogP contribution is -2.23. The van der Waals surface area contributed by atoms with Crippen molar-refractivity contribution in [3.63, 3.8) is 0 Å². The Hall–Kier alpha value is -0.0551. The van der Waals surface area contributed by atoms with Crippen molar-refractivity contribution >= 4 is 7.32 Å². The summed E-state index contributed by atoms with van der Waals surface area (Å²) in [4.78, 5) is 0. The van der Waals surface area contributed by atoms with E-state index < -0.39 is 7.32 Å². The van der Waals surface area contributed by atoms with E-state index in [1.807, 2.05) is 0 Å². The Kier molecular flexibility index (Phi) is 18.9. The van der Waals surface area contributed by atoms with Crippen molar-refractivity contribution in [2.24, 2.45) is 0 Å². The molecule has 0 radical (unpaired) electrons. The first-order valence-electron chi connectivity index (χ1n) is 9.72. The Morgan fingerprint density at radius 1 is 0.545 bits per heavy atom. The molecule has 0 spiro atoms. The predicted molar refractivity (Wildman–Crippen MR) is 95.9 cm³/mol. The number of rotatable bonds is 18. The summed E-state index contributed by atoms with van der Waals surface area (Å²) in [6.45, 7) is 5.68. The zero-order valence-corrected chi connectivity index (χ0v) is 15.2. The lowest BCUT2D eigenvalue weighted by atomic mass is 10.1. The van der Waals surface area contributed by atoms with Crippen molar-refractivity contribution in [2.75, 3.05) is 13.2 Å². The van der Waals surface area contributed by atoms with Gasteiger partial charge in [0, 0.05) is 13.2 Å². The quantitative estimate of drug-likeness (QED) is 0.268. The molecule has 1 N–H and O–H groups in total. The van der Waals surface area contributed by atoms with Gasteiger partial charge in [-0.25, -0.2) is 0 Å². The summed E-state index contributed by atoms with van der Waals surface area (Å²) >= 11 is 0. The van der Waals surface area contributed by atoms with Gasteiger partial charge in [-0.15, -0.1) is 0 Å². The van der Waals surface area contributed by atoms with Crippen molar-refractivity contribution < 1.29 is 14.3 Å². The highest BCUT2D eigenvalue weighted by molar-refractivity contribution is 6.34. The van der Waals surface area contributed by atoms with Crippen LogP contribution in [0.15, 0.2) is 0 Å². The van der Waals surface area contributed by atoms with Gasteiger partial charge >= 0.3 is 7.32 Å². The van der Waals surface area contributed by atoms with Crippen molar-refractivity contribution in [1.29, 1.82) is 0 Å². The van der Waals surface area contributed by atoms with E-state index in [1.165, 1.54) is 77.0 Å². The summed E-state index contributed by atoms with van der Waals surface area (Å²) in [5, 5.41) is 9.55. The van der Waals surface area contributed by atoms with Crippen LogP contribution in [0, 0.1) is 0 Å². The molecule has 0 saturated heterocycles. The number of hydrogen-bond acceptors (Lipinski definition) is 3. The summed E-state index contributed by atoms with van der Waals surface area (Å²) in [6.07, 6.45) is 17.6. The summed E-state index contributed by atoms with van der Waals surface area (Å²) in [6, 6.07) is 0. The molecule has 4 heteroatoms. The maximum atomic E-state index is 9.55. The Morgan fingerprint density at radius 3 is 1.23 bits per heavy atom. The second-order valence-electron chi connectivity index (χ2n) is 6.29. The zero-order valence-electron chi connectivity index (χ0n) is 15.2. The molecule has 0 unspecified atom stereocenters. The molecular formula is C18H39BO3. The molecular weight excluding hydrogens is 275 g/mol. The van der Waals surface area contributed by atoms with E-state index in [0.29, 0.717) is 13.2 Å². The Labute approximate surface area is 139 Å². The molecule has 0 saturated carbocycles. The fourth-order valence-corrected chi connectivity index (χ4v) is 2.53. The largest absolute Gasteiger partial charge is 0.636 e. The highest BCUT2D eigenvalue weighted by Gasteiger charge is 2.14. The summed E-state index contributed by atoms with van der Waals surface area (Å²) in [7, 11) is -1.03. The van der Waals surface area contributed by atoms with Crippen molar-refractivity contribution in [3.05, 3.63) is 0 Å². The van der Waals surface area contributed by atoms with E-state index in [0.717, 1.165) is 12.8 Å². The third-order valence-electron chi connectivity index (χ3n) is 4.02. The van der Waals surface area contributed by atoms with E-state index in [1.54, 1.807) is 0 Å². The van der Waals surface area contributed by atoms with Gasteiger partial charge in [0.1, 0.15) is 0 Å². The maximum absolute atomic E-state index is 9.55. The van der Waals surface area contributed by atoms with E-state index in [2.05, 4.69) is 13.8 Å². The van der Waals surface area contributed by atoms with Crippen LogP contribution in [0.2, 0.25) is 0 Å². The highest BCUT2D eigenvalue weighted by Crippen LogP contribution is 2.08. The molecule has 22 heavy (non-hydrogen) atoms. The second-order valence-corrected chi connectivity index (χ2v) is 6.29. The van der Waals surface area contributed by atoms with Gasteiger partial charge < -0.3 is 14.3 Å². The van der Waals surface area contributed by atoms with Crippen LogP contribution in [0.5, 0.6) is 0 Å². The van der Waals surface area contributed by atoms with Crippen molar-refractivity contribution in [1.82, 2.24) is 0 Å². The monoisotopic (exact) mass is 314 g/mol. The molecule has 0 aliphatic rings. The van der Waals surface area contributed by atoms with Crippen molar-refractivity contribution in [3.8, 4) is 0 Å². The van der Waals surface area contributed by atoms with Gasteiger partial charge in [0.05, 0.1) is 0 Å². The molecule has 132 valence electrons. The SMILES string of the molecule is CCCCCCCCCOB(O)OCCCCCCCCC. The fraction of sp³-hybridized carbons (Fsp3) is 1.00. The van der Waals surface area contributed by atoms with E-state index in [9.17, 15) is 5.02 Å². The van der Waals surface area contributed by atoms with Crippen LogP contribution in [0.1, 0.15) is 104 Å². The fourth-order valence-electron chi connectivity index (χ4n) is 2.53. The maximum Gasteiger partial charge on any atom is 0.636 e. The Bertz CT molecular complexity index is 183. The first-order valence-corrected chi connectivity index (χ1v) is 9.72. The Morgan fingerprint density at radius 2 is 0.864 bits per heavy atom. The minimum Gasteiger partial charge on any atom is -0.402 e. The van der Waals surface area contributed by atoms with Crippen LogP contribution in [-0.4, -0.2) is 25.6 Å². The topological polar surface area (TPSA) is 38.7 Å². The average molecular weight is 314 g/mol. The molecule has 0 aromatic heterocycles. The second kappa shape index (κ2) is 19.0. The van der Waals surface area contributed by atoms with Gasteiger partial charge in [-0.2, -0.15) is 0 Å². The lowest BCUT2D eigenvalue weighted by molar-refractivity contribution is 0.128. The molecule has 0 fully saturated rings. The van der Waals surface area contributed by atoms with Crippen LogP contribution in [0.25, 0.3) is 0 Å². The molecule has 0 aliphatic carbocycles. The highest BCUT2D eigenvalue weighted by atomic mass is 16.7. The Balaban J connectivity index is 3.11. The average Bonchev–Trinajstić information content (AvgIpc) is 2.52. The van der Waals surface area contributed by atoms with E-state index in [-0.39, 0.29) is 0 Å². The number of unbranched alkanes of at least 4 members (excludes halogenated alkanes) is 12. The van der Waals surface area contributed by atoms with Gasteiger partial charge in [-0.3, -0.25) is 0 Å². The molecule has 0 heterocycles.